The topological polar surface area (TPSA) is 79.1 Å². The van der Waals surface area contributed by atoms with Crippen molar-refractivity contribution in [2.75, 3.05) is 0 Å². The molecule has 0 spiro atoms. The molecule has 0 amide bonds. The fourth-order valence-corrected chi connectivity index (χ4v) is 2.50. The number of esters is 1. The van der Waals surface area contributed by atoms with Crippen LogP contribution < -0.4 is 4.74 Å². The Morgan fingerprint density at radius 3 is 2.69 bits per heavy atom. The van der Waals surface area contributed by atoms with Crippen molar-refractivity contribution < 1.29 is 19.7 Å². The lowest BCUT2D eigenvalue weighted by Gasteiger charge is -2.05. The summed E-state index contributed by atoms with van der Waals surface area (Å²) in [4.78, 5) is 16.0. The Kier molecular flexibility index (Phi) is 5.08. The minimum Gasteiger partial charge on any atom is -0.504 e. The van der Waals surface area contributed by atoms with Crippen LogP contribution in [0, 0.1) is 0 Å². The molecule has 0 unspecified atom stereocenters. The molecule has 0 aliphatic carbocycles. The molecule has 0 aromatic heterocycles. The van der Waals surface area contributed by atoms with Gasteiger partial charge < -0.3 is 14.9 Å². The number of phenolic OH excluding ortho intramolecular Hbond substituents is 2. The normalized spacial score (nSPS) is 10.6. The van der Waals surface area contributed by atoms with E-state index in [0.717, 1.165) is 10.8 Å². The predicted molar refractivity (Wildman–Crippen MR) is 103 cm³/mol. The van der Waals surface area contributed by atoms with Crippen LogP contribution in [0.15, 0.2) is 65.7 Å². The Morgan fingerprint density at radius 2 is 1.92 bits per heavy atom. The van der Waals surface area contributed by atoms with Crippen LogP contribution in [0.25, 0.3) is 16.8 Å². The minimum atomic E-state index is -0.576. The highest BCUT2D eigenvalue weighted by molar-refractivity contribution is 7.78. The number of aliphatic imine (C=N–C) groups is 1. The van der Waals surface area contributed by atoms with Gasteiger partial charge in [-0.3, -0.25) is 0 Å². The molecule has 3 rings (SSSR count). The highest BCUT2D eigenvalue weighted by Gasteiger charge is 2.05. The quantitative estimate of drug-likeness (QED) is 0.177. The third-order valence-electron chi connectivity index (χ3n) is 3.63. The van der Waals surface area contributed by atoms with Gasteiger partial charge in [-0.05, 0) is 59.6 Å². The lowest BCUT2D eigenvalue weighted by atomic mass is 10.1. The lowest BCUT2D eigenvalue weighted by Crippen LogP contribution is -2.03. The van der Waals surface area contributed by atoms with Crippen molar-refractivity contribution in [3.8, 4) is 17.2 Å². The summed E-state index contributed by atoms with van der Waals surface area (Å²) >= 11 is 4.65. The molecule has 0 atom stereocenters. The summed E-state index contributed by atoms with van der Waals surface area (Å²) in [5.74, 6) is -0.696. The molecule has 0 saturated heterocycles. The zero-order valence-corrected chi connectivity index (χ0v) is 14.2. The molecule has 5 nitrogen and oxygen atoms in total. The molecule has 0 heterocycles. The molecule has 2 N–H and O–H groups in total. The summed E-state index contributed by atoms with van der Waals surface area (Å²) in [6.07, 6.45) is 2.71. The number of hydrogen-bond acceptors (Lipinski definition) is 6. The first-order chi connectivity index (χ1) is 12.6. The fraction of sp³-hybridized carbons (Fsp3) is 0. The van der Waals surface area contributed by atoms with E-state index in [2.05, 4.69) is 22.4 Å². The van der Waals surface area contributed by atoms with Crippen molar-refractivity contribution in [1.29, 1.82) is 0 Å². The molecule has 6 heteroatoms. The first-order valence-corrected chi connectivity index (χ1v) is 8.00. The molecule has 0 radical (unpaired) electrons. The Labute approximate surface area is 154 Å². The molecular weight excluding hydrogens is 350 g/mol. The second-order valence-corrected chi connectivity index (χ2v) is 5.55. The second-order valence-electron chi connectivity index (χ2n) is 5.37. The van der Waals surface area contributed by atoms with Gasteiger partial charge in [-0.2, -0.15) is 4.99 Å². The molecule has 0 bridgehead atoms. The number of nitrogens with zero attached hydrogens (tertiary/aromatic N) is 1. The monoisotopic (exact) mass is 363 g/mol. The lowest BCUT2D eigenvalue weighted by molar-refractivity contribution is -0.128. The van der Waals surface area contributed by atoms with E-state index in [-0.39, 0.29) is 11.5 Å². The number of aromatic hydroxyl groups is 2. The van der Waals surface area contributed by atoms with E-state index in [1.165, 1.54) is 24.3 Å². The van der Waals surface area contributed by atoms with Gasteiger partial charge in [0.15, 0.2) is 11.5 Å². The molecule has 0 aliphatic rings. The van der Waals surface area contributed by atoms with Gasteiger partial charge in [-0.15, -0.1) is 0 Å². The van der Waals surface area contributed by atoms with Crippen LogP contribution in [0.2, 0.25) is 0 Å². The van der Waals surface area contributed by atoms with E-state index in [9.17, 15) is 15.0 Å². The second kappa shape index (κ2) is 7.61. The maximum atomic E-state index is 12.0. The van der Waals surface area contributed by atoms with Gasteiger partial charge in [0, 0.05) is 11.5 Å². The summed E-state index contributed by atoms with van der Waals surface area (Å²) < 4.78 is 5.31. The Bertz CT molecular complexity index is 1070. The third-order valence-corrected chi connectivity index (χ3v) is 3.72. The van der Waals surface area contributed by atoms with E-state index in [4.69, 9.17) is 4.74 Å². The zero-order chi connectivity index (χ0) is 18.5. The van der Waals surface area contributed by atoms with Gasteiger partial charge in [-0.1, -0.05) is 24.3 Å². The standard InChI is InChI=1S/C20H13NO4S/c22-18-8-4-13(10-19(18)23)5-9-20(24)25-15-7-6-14-2-1-3-17(21-12-26)16(14)11-15/h1-11,22-23H/b9-5+. The van der Waals surface area contributed by atoms with Gasteiger partial charge in [0.2, 0.25) is 0 Å². The van der Waals surface area contributed by atoms with Crippen LogP contribution in [0.4, 0.5) is 5.69 Å². The van der Waals surface area contributed by atoms with E-state index >= 15 is 0 Å². The minimum absolute atomic E-state index is 0.226. The van der Waals surface area contributed by atoms with Gasteiger partial charge >= 0.3 is 5.97 Å². The molecule has 0 saturated carbocycles. The first-order valence-electron chi connectivity index (χ1n) is 7.59. The number of ether oxygens (including phenoxy) is 1. The van der Waals surface area contributed by atoms with Crippen LogP contribution in [0.5, 0.6) is 17.2 Å². The van der Waals surface area contributed by atoms with Crippen LogP contribution in [-0.2, 0) is 4.79 Å². The fourth-order valence-electron chi connectivity index (χ4n) is 2.40. The Morgan fingerprint density at radius 1 is 1.08 bits per heavy atom. The largest absolute Gasteiger partial charge is 0.504 e. The van der Waals surface area contributed by atoms with E-state index in [1.54, 1.807) is 24.3 Å². The Hall–Kier alpha value is -3.47. The van der Waals surface area contributed by atoms with Gasteiger partial charge in [0.25, 0.3) is 0 Å². The van der Waals surface area contributed by atoms with Crippen molar-refractivity contribution in [2.24, 2.45) is 4.99 Å². The molecule has 0 aliphatic heterocycles. The molecule has 26 heavy (non-hydrogen) atoms. The number of fused-ring (bicyclic) bond motifs is 1. The summed E-state index contributed by atoms with van der Waals surface area (Å²) in [6, 6.07) is 15.0. The van der Waals surface area contributed by atoms with Gasteiger partial charge in [0.05, 0.1) is 10.8 Å². The van der Waals surface area contributed by atoms with Gasteiger partial charge in [-0.25, -0.2) is 4.79 Å². The summed E-state index contributed by atoms with van der Waals surface area (Å²) in [5, 5.41) is 22.8. The highest BCUT2D eigenvalue weighted by atomic mass is 32.1. The van der Waals surface area contributed by atoms with Gasteiger partial charge in [0.1, 0.15) is 5.75 Å². The molecule has 3 aromatic rings. The van der Waals surface area contributed by atoms with Crippen LogP contribution in [0.1, 0.15) is 5.56 Å². The van der Waals surface area contributed by atoms with Crippen molar-refractivity contribution in [1.82, 2.24) is 0 Å². The number of hydrogen-bond donors (Lipinski definition) is 2. The average molecular weight is 363 g/mol. The summed E-state index contributed by atoms with van der Waals surface area (Å²) in [6.45, 7) is 0. The van der Waals surface area contributed by atoms with E-state index in [0.29, 0.717) is 17.0 Å². The van der Waals surface area contributed by atoms with Crippen molar-refractivity contribution in [3.63, 3.8) is 0 Å². The Balaban J connectivity index is 1.80. The van der Waals surface area contributed by atoms with Crippen molar-refractivity contribution in [3.05, 3.63) is 66.2 Å². The number of isothiocyanates is 1. The summed E-state index contributed by atoms with van der Waals surface area (Å²) in [7, 11) is 0. The molecule has 0 fully saturated rings. The van der Waals surface area contributed by atoms with E-state index in [1.807, 2.05) is 18.2 Å². The highest BCUT2D eigenvalue weighted by Crippen LogP contribution is 2.29. The van der Waals surface area contributed by atoms with Crippen molar-refractivity contribution >= 4 is 45.9 Å². The summed E-state index contributed by atoms with van der Waals surface area (Å²) in [5.41, 5.74) is 1.19. The SMILES string of the molecule is O=C(/C=C/c1ccc(O)c(O)c1)Oc1ccc2cccc(N=C=S)c2c1. The number of rotatable bonds is 4. The predicted octanol–water partition coefficient (Wildman–Crippen LogP) is 4.60. The maximum absolute atomic E-state index is 12.0. The van der Waals surface area contributed by atoms with Crippen LogP contribution >= 0.6 is 12.2 Å². The third kappa shape index (κ3) is 3.95. The van der Waals surface area contributed by atoms with Crippen molar-refractivity contribution in [2.45, 2.75) is 0 Å². The molecular formula is C20H13NO4S. The number of phenols is 2. The van der Waals surface area contributed by atoms with E-state index < -0.39 is 5.97 Å². The first kappa shape index (κ1) is 17.4. The van der Waals surface area contributed by atoms with Crippen LogP contribution in [0.3, 0.4) is 0 Å². The zero-order valence-electron chi connectivity index (χ0n) is 13.4. The smallest absolute Gasteiger partial charge is 0.336 e. The molecule has 3 aromatic carbocycles. The average Bonchev–Trinajstić information content (AvgIpc) is 2.63. The maximum Gasteiger partial charge on any atom is 0.336 e. The number of benzene rings is 3. The number of carbonyl (C=O) groups is 1. The molecule has 128 valence electrons. The van der Waals surface area contributed by atoms with Crippen LogP contribution in [-0.4, -0.2) is 21.3 Å². The number of carbonyl (C=O) groups excluding carboxylic acids is 1. The number of thiocarbonyl (C=S) groups is 1.